The van der Waals surface area contributed by atoms with Crippen LogP contribution in [-0.4, -0.2) is 42.2 Å². The lowest BCUT2D eigenvalue weighted by Gasteiger charge is -2.14. The van der Waals surface area contributed by atoms with Crippen LogP contribution in [-0.2, 0) is 9.59 Å². The summed E-state index contributed by atoms with van der Waals surface area (Å²) in [7, 11) is 3.15. The van der Waals surface area contributed by atoms with Crippen LogP contribution in [0.2, 0.25) is 0 Å². The molecule has 0 aliphatic rings. The maximum Gasteiger partial charge on any atom is 0.272 e. The molecule has 1 aromatic heterocycles. The number of nitrogens with one attached hydrogen (secondary N) is 3. The van der Waals surface area contributed by atoms with Gasteiger partial charge in [0.2, 0.25) is 5.91 Å². The van der Waals surface area contributed by atoms with Crippen molar-refractivity contribution in [2.75, 3.05) is 24.9 Å². The molecule has 0 saturated heterocycles. The average molecular weight is 744 g/mol. The SMILES string of the molecule is COc1ccc(-c2csc(NC(=O)C(C)Sc3cccc(NC(=O)/C(=C/c4ccc(Br)cc4)NC(=O)c4ccccc4)c3)n2)cc1OC. The summed E-state index contributed by atoms with van der Waals surface area (Å²) < 4.78 is 11.6. The number of anilines is 2. The van der Waals surface area contributed by atoms with Gasteiger partial charge in [0, 0.05) is 31.6 Å². The molecule has 9 nitrogen and oxygen atoms in total. The van der Waals surface area contributed by atoms with Crippen molar-refractivity contribution >= 4 is 73.6 Å². The molecule has 48 heavy (non-hydrogen) atoms. The van der Waals surface area contributed by atoms with E-state index in [2.05, 4.69) is 36.9 Å². The second-order valence-corrected chi connectivity index (χ2v) is 13.5. The number of ether oxygens (including phenoxy) is 2. The molecule has 12 heteroatoms. The molecule has 0 fully saturated rings. The number of amides is 3. The van der Waals surface area contributed by atoms with Gasteiger partial charge >= 0.3 is 0 Å². The van der Waals surface area contributed by atoms with Crippen LogP contribution in [0.5, 0.6) is 11.5 Å². The summed E-state index contributed by atoms with van der Waals surface area (Å²) in [6.07, 6.45) is 1.61. The van der Waals surface area contributed by atoms with E-state index in [4.69, 9.17) is 9.47 Å². The van der Waals surface area contributed by atoms with Crippen molar-refractivity contribution in [1.29, 1.82) is 0 Å². The second-order valence-electron chi connectivity index (χ2n) is 10.3. The number of benzene rings is 4. The number of methoxy groups -OCH3 is 2. The fourth-order valence-electron chi connectivity index (χ4n) is 4.44. The molecule has 1 atom stereocenters. The van der Waals surface area contributed by atoms with Crippen molar-refractivity contribution in [3.8, 4) is 22.8 Å². The van der Waals surface area contributed by atoms with Crippen LogP contribution >= 0.6 is 39.0 Å². The number of carbonyl (C=O) groups excluding carboxylic acids is 3. The third kappa shape index (κ3) is 9.12. The van der Waals surface area contributed by atoms with Crippen molar-refractivity contribution in [2.24, 2.45) is 0 Å². The number of carbonyl (C=O) groups is 3. The highest BCUT2D eigenvalue weighted by Crippen LogP contribution is 2.34. The summed E-state index contributed by atoms with van der Waals surface area (Å²) in [4.78, 5) is 44.9. The first-order chi connectivity index (χ1) is 23.2. The number of nitrogens with zero attached hydrogens (tertiary/aromatic N) is 1. The van der Waals surface area contributed by atoms with Gasteiger partial charge in [0.25, 0.3) is 11.8 Å². The van der Waals surface area contributed by atoms with Crippen molar-refractivity contribution in [1.82, 2.24) is 10.3 Å². The summed E-state index contributed by atoms with van der Waals surface area (Å²) in [5.74, 6) is 0.0854. The van der Waals surface area contributed by atoms with E-state index in [1.54, 1.807) is 75.8 Å². The van der Waals surface area contributed by atoms with Crippen LogP contribution in [0.15, 0.2) is 118 Å². The van der Waals surface area contributed by atoms with Gasteiger partial charge in [-0.15, -0.1) is 23.1 Å². The van der Waals surface area contributed by atoms with E-state index in [9.17, 15) is 14.4 Å². The maximum absolute atomic E-state index is 13.5. The molecule has 0 bridgehead atoms. The Morgan fingerprint density at radius 2 is 1.62 bits per heavy atom. The number of thioether (sulfide) groups is 1. The smallest absolute Gasteiger partial charge is 0.272 e. The van der Waals surface area contributed by atoms with Crippen LogP contribution < -0.4 is 25.4 Å². The van der Waals surface area contributed by atoms with E-state index in [-0.39, 0.29) is 11.6 Å². The highest BCUT2D eigenvalue weighted by atomic mass is 79.9. The van der Waals surface area contributed by atoms with Gasteiger partial charge in [0.05, 0.1) is 25.2 Å². The number of halogens is 1. The standard InChI is InChI=1S/C36H31BrN4O5S2/c1-22(33(42)41-36-40-30(21-47-36)25-14-17-31(45-2)32(19-25)46-3)48-28-11-7-10-27(20-28)38-35(44)29(18-23-12-15-26(37)16-13-23)39-34(43)24-8-5-4-6-9-24/h4-22H,1-3H3,(H,38,44)(H,39,43)(H,40,41,42)/b29-18-. The Bertz CT molecular complexity index is 1950. The minimum absolute atomic E-state index is 0.0767. The Labute approximate surface area is 294 Å². The minimum Gasteiger partial charge on any atom is -0.493 e. The van der Waals surface area contributed by atoms with Gasteiger partial charge in [0.1, 0.15) is 5.70 Å². The lowest BCUT2D eigenvalue weighted by atomic mass is 10.1. The Hall–Kier alpha value is -4.91. The zero-order valence-corrected chi connectivity index (χ0v) is 29.4. The van der Waals surface area contributed by atoms with Gasteiger partial charge in [-0.25, -0.2) is 4.98 Å². The van der Waals surface area contributed by atoms with Gasteiger partial charge in [-0.3, -0.25) is 14.4 Å². The normalized spacial score (nSPS) is 11.7. The van der Waals surface area contributed by atoms with E-state index < -0.39 is 17.1 Å². The predicted molar refractivity (Wildman–Crippen MR) is 196 cm³/mol. The van der Waals surface area contributed by atoms with Crippen LogP contribution in [0.3, 0.4) is 0 Å². The summed E-state index contributed by atoms with van der Waals surface area (Å²) >= 11 is 6.08. The average Bonchev–Trinajstić information content (AvgIpc) is 3.57. The Balaban J connectivity index is 1.24. The molecule has 5 aromatic rings. The Morgan fingerprint density at radius 1 is 0.875 bits per heavy atom. The molecular weight excluding hydrogens is 712 g/mol. The molecule has 5 rings (SSSR count). The first-order valence-electron chi connectivity index (χ1n) is 14.6. The van der Waals surface area contributed by atoms with E-state index in [1.807, 2.05) is 53.9 Å². The molecule has 0 saturated carbocycles. The summed E-state index contributed by atoms with van der Waals surface area (Å²) in [6, 6.07) is 28.7. The molecule has 0 aliphatic carbocycles. The number of hydrogen-bond donors (Lipinski definition) is 3. The van der Waals surface area contributed by atoms with Crippen molar-refractivity contribution in [3.05, 3.63) is 124 Å². The number of thiazole rings is 1. The molecule has 0 spiro atoms. The zero-order valence-electron chi connectivity index (χ0n) is 26.2. The molecule has 0 aliphatic heterocycles. The maximum atomic E-state index is 13.5. The number of rotatable bonds is 12. The molecule has 1 heterocycles. The highest BCUT2D eigenvalue weighted by Gasteiger charge is 2.19. The van der Waals surface area contributed by atoms with E-state index in [1.165, 1.54) is 23.1 Å². The van der Waals surface area contributed by atoms with Crippen molar-refractivity contribution < 1.29 is 23.9 Å². The Kier molecular flexibility index (Phi) is 11.7. The van der Waals surface area contributed by atoms with E-state index in [0.29, 0.717) is 33.6 Å². The minimum atomic E-state index is -0.496. The molecular formula is C36H31BrN4O5S2. The largest absolute Gasteiger partial charge is 0.493 e. The van der Waals surface area contributed by atoms with Gasteiger partial charge in [0.15, 0.2) is 16.6 Å². The lowest BCUT2D eigenvalue weighted by molar-refractivity contribution is -0.115. The first kappa shape index (κ1) is 34.4. The molecule has 3 N–H and O–H groups in total. The molecule has 0 radical (unpaired) electrons. The lowest BCUT2D eigenvalue weighted by Crippen LogP contribution is -2.30. The van der Waals surface area contributed by atoms with E-state index in [0.717, 1.165) is 20.5 Å². The highest BCUT2D eigenvalue weighted by molar-refractivity contribution is 9.10. The van der Waals surface area contributed by atoms with Gasteiger partial charge in [-0.05, 0) is 79.2 Å². The third-order valence-corrected chi connectivity index (χ3v) is 9.28. The fourth-order valence-corrected chi connectivity index (χ4v) is 6.35. The topological polar surface area (TPSA) is 119 Å². The fraction of sp³-hybridized carbons (Fsp3) is 0.111. The van der Waals surface area contributed by atoms with E-state index >= 15 is 0 Å². The second kappa shape index (κ2) is 16.3. The molecule has 3 amide bonds. The van der Waals surface area contributed by atoms with Gasteiger partial charge < -0.3 is 25.4 Å². The van der Waals surface area contributed by atoms with Crippen molar-refractivity contribution in [3.63, 3.8) is 0 Å². The van der Waals surface area contributed by atoms with Crippen LogP contribution in [0, 0.1) is 0 Å². The monoisotopic (exact) mass is 742 g/mol. The third-order valence-electron chi connectivity index (χ3n) is 6.90. The summed E-state index contributed by atoms with van der Waals surface area (Å²) in [5, 5.41) is 10.4. The molecule has 244 valence electrons. The van der Waals surface area contributed by atoms with Gasteiger partial charge in [-0.1, -0.05) is 52.3 Å². The Morgan fingerprint density at radius 3 is 2.35 bits per heavy atom. The number of aromatic nitrogens is 1. The van der Waals surface area contributed by atoms with Crippen molar-refractivity contribution in [2.45, 2.75) is 17.1 Å². The summed E-state index contributed by atoms with van der Waals surface area (Å²) in [6.45, 7) is 1.80. The predicted octanol–water partition coefficient (Wildman–Crippen LogP) is 8.12. The molecule has 1 unspecified atom stereocenters. The molecule has 4 aromatic carbocycles. The van der Waals surface area contributed by atoms with Crippen LogP contribution in [0.25, 0.3) is 17.3 Å². The van der Waals surface area contributed by atoms with Gasteiger partial charge in [-0.2, -0.15) is 0 Å². The quantitative estimate of drug-likeness (QED) is 0.0873. The number of hydrogen-bond acceptors (Lipinski definition) is 8. The first-order valence-corrected chi connectivity index (χ1v) is 17.2. The van der Waals surface area contributed by atoms with Crippen LogP contribution in [0.4, 0.5) is 10.8 Å². The zero-order chi connectivity index (χ0) is 34.0. The van der Waals surface area contributed by atoms with Crippen LogP contribution in [0.1, 0.15) is 22.8 Å². The summed E-state index contributed by atoms with van der Waals surface area (Å²) in [5.41, 5.74) is 3.28.